The van der Waals surface area contributed by atoms with Crippen LogP contribution in [-0.2, 0) is 4.74 Å². The topological polar surface area (TPSA) is 105 Å². The maximum atomic E-state index is 12.1. The molecule has 1 aliphatic rings. The molecule has 2 heterocycles. The molecule has 7 nitrogen and oxygen atoms in total. The van der Waals surface area contributed by atoms with Crippen LogP contribution in [0.15, 0.2) is 15.8 Å². The summed E-state index contributed by atoms with van der Waals surface area (Å²) in [6.45, 7) is 8.12. The van der Waals surface area contributed by atoms with Crippen molar-refractivity contribution in [3.05, 3.63) is 32.6 Å². The number of ether oxygens (including phenoxy) is 1. The molecule has 24 heavy (non-hydrogen) atoms. The number of rotatable bonds is 6. The fourth-order valence-electron chi connectivity index (χ4n) is 2.55. The van der Waals surface area contributed by atoms with Crippen LogP contribution in [0.2, 0.25) is 25.7 Å². The van der Waals surface area contributed by atoms with Gasteiger partial charge in [0.15, 0.2) is 6.23 Å². The van der Waals surface area contributed by atoms with E-state index in [0.717, 1.165) is 11.8 Å². The lowest BCUT2D eigenvalue weighted by molar-refractivity contribution is -0.0457. The Morgan fingerprint density at radius 2 is 2.04 bits per heavy atom. The van der Waals surface area contributed by atoms with E-state index in [1.807, 2.05) is 0 Å². The van der Waals surface area contributed by atoms with Gasteiger partial charge in [-0.15, -0.1) is 0 Å². The Bertz CT molecular complexity index is 684. The minimum atomic E-state index is -1.21. The van der Waals surface area contributed by atoms with E-state index in [1.165, 1.54) is 10.8 Å². The quantitative estimate of drug-likeness (QED) is 0.628. The van der Waals surface area contributed by atoms with Crippen molar-refractivity contribution in [1.82, 2.24) is 9.55 Å². The first-order valence-corrected chi connectivity index (χ1v) is 12.8. The van der Waals surface area contributed by atoms with Crippen LogP contribution < -0.4 is 11.2 Å². The molecular formula is C15H26N2O5SSi. The lowest BCUT2D eigenvalue weighted by Gasteiger charge is -2.23. The molecule has 1 aromatic rings. The summed E-state index contributed by atoms with van der Waals surface area (Å²) < 4.78 is 7.02. The van der Waals surface area contributed by atoms with E-state index >= 15 is 0 Å². The van der Waals surface area contributed by atoms with Crippen LogP contribution >= 0.6 is 11.8 Å². The third-order valence-electron chi connectivity index (χ3n) is 4.08. The van der Waals surface area contributed by atoms with E-state index in [-0.39, 0.29) is 11.9 Å². The number of nitrogens with zero attached hydrogens (tertiary/aromatic N) is 1. The Labute approximate surface area is 146 Å². The van der Waals surface area contributed by atoms with Gasteiger partial charge < -0.3 is 14.9 Å². The molecule has 136 valence electrons. The van der Waals surface area contributed by atoms with Gasteiger partial charge >= 0.3 is 5.69 Å². The third kappa shape index (κ3) is 4.40. The van der Waals surface area contributed by atoms with Gasteiger partial charge in [0, 0.05) is 19.8 Å². The molecule has 0 amide bonds. The number of hydrogen-bond acceptors (Lipinski definition) is 6. The Hall–Kier alpha value is -0.873. The number of aromatic nitrogens is 2. The number of aryl methyl sites for hydroxylation is 1. The highest BCUT2D eigenvalue weighted by atomic mass is 32.2. The molecule has 0 saturated carbocycles. The van der Waals surface area contributed by atoms with Crippen LogP contribution in [0.25, 0.3) is 0 Å². The van der Waals surface area contributed by atoms with Crippen molar-refractivity contribution in [2.75, 3.05) is 12.4 Å². The molecule has 9 heteroatoms. The van der Waals surface area contributed by atoms with E-state index in [4.69, 9.17) is 4.74 Å². The molecule has 1 fully saturated rings. The van der Waals surface area contributed by atoms with E-state index in [1.54, 1.807) is 18.7 Å². The number of aromatic amines is 1. The fraction of sp³-hybridized carbons (Fsp3) is 0.733. The summed E-state index contributed by atoms with van der Waals surface area (Å²) in [5, 5.41) is 19.5. The van der Waals surface area contributed by atoms with E-state index in [2.05, 4.69) is 24.6 Å². The van der Waals surface area contributed by atoms with E-state index in [9.17, 15) is 19.8 Å². The smallest absolute Gasteiger partial charge is 0.330 e. The van der Waals surface area contributed by atoms with Gasteiger partial charge in [0.1, 0.15) is 6.10 Å². The Kier molecular flexibility index (Phi) is 6.13. The number of aliphatic hydroxyl groups excluding tert-OH is 2. The van der Waals surface area contributed by atoms with Crippen LogP contribution in [0.3, 0.4) is 0 Å². The number of thioether (sulfide) groups is 1. The molecule has 0 spiro atoms. The molecule has 1 aromatic heterocycles. The second-order valence-electron chi connectivity index (χ2n) is 7.36. The highest BCUT2D eigenvalue weighted by molar-refractivity contribution is 8.00. The summed E-state index contributed by atoms with van der Waals surface area (Å²) in [4.78, 5) is 26.0. The van der Waals surface area contributed by atoms with Crippen molar-refractivity contribution in [2.45, 2.75) is 56.3 Å². The summed E-state index contributed by atoms with van der Waals surface area (Å²) >= 11 is 1.56. The maximum Gasteiger partial charge on any atom is 0.330 e. The van der Waals surface area contributed by atoms with Crippen molar-refractivity contribution in [1.29, 1.82) is 0 Å². The summed E-state index contributed by atoms with van der Waals surface area (Å²) in [6.07, 6.45) is -0.874. The summed E-state index contributed by atoms with van der Waals surface area (Å²) in [7, 11) is -1.21. The Morgan fingerprint density at radius 3 is 2.62 bits per heavy atom. The van der Waals surface area contributed by atoms with Crippen molar-refractivity contribution >= 4 is 19.8 Å². The highest BCUT2D eigenvalue weighted by Crippen LogP contribution is 2.37. The summed E-state index contributed by atoms with van der Waals surface area (Å²) in [6, 6.07) is 1.08. The van der Waals surface area contributed by atoms with Crippen molar-refractivity contribution in [2.24, 2.45) is 0 Å². The average molecular weight is 375 g/mol. The molecule has 2 rings (SSSR count). The predicted octanol–water partition coefficient (Wildman–Crippen LogP) is 0.536. The Balaban J connectivity index is 2.26. The molecule has 4 atom stereocenters. The molecular weight excluding hydrogens is 348 g/mol. The maximum absolute atomic E-state index is 12.1. The zero-order chi connectivity index (χ0) is 18.1. The standard InChI is InChI=1S/C15H26N2O5SSi/c1-9-7-17(15(21)16-13(9)20)14-12(11(19)10(8-18)22-14)23-5-6-24(2,3)4/h7,10-12,14,18-19H,5-6,8H2,1-4H3,(H,16,20,21)/t10-,11+,12?,14-/m1/s1. The van der Waals surface area contributed by atoms with Crippen LogP contribution in [-0.4, -0.2) is 57.7 Å². The molecule has 0 radical (unpaired) electrons. The monoisotopic (exact) mass is 374 g/mol. The van der Waals surface area contributed by atoms with Gasteiger partial charge in [0.05, 0.1) is 18.0 Å². The summed E-state index contributed by atoms with van der Waals surface area (Å²) in [5.74, 6) is 0.854. The largest absolute Gasteiger partial charge is 0.394 e. The second-order valence-corrected chi connectivity index (χ2v) is 14.3. The van der Waals surface area contributed by atoms with Gasteiger partial charge in [-0.25, -0.2) is 4.79 Å². The predicted molar refractivity (Wildman–Crippen MR) is 97.5 cm³/mol. The van der Waals surface area contributed by atoms with Gasteiger partial charge in [0.25, 0.3) is 5.56 Å². The lowest BCUT2D eigenvalue weighted by atomic mass is 10.2. The zero-order valence-corrected chi connectivity index (χ0v) is 16.3. The minimum absolute atomic E-state index is 0.320. The molecule has 1 unspecified atom stereocenters. The first-order chi connectivity index (χ1) is 11.1. The number of aliphatic hydroxyl groups is 2. The highest BCUT2D eigenvalue weighted by Gasteiger charge is 2.45. The third-order valence-corrected chi connectivity index (χ3v) is 7.52. The van der Waals surface area contributed by atoms with Crippen LogP contribution in [0.1, 0.15) is 11.8 Å². The first-order valence-electron chi connectivity index (χ1n) is 8.02. The molecule has 1 aliphatic heterocycles. The molecule has 1 saturated heterocycles. The van der Waals surface area contributed by atoms with E-state index in [0.29, 0.717) is 5.56 Å². The Morgan fingerprint density at radius 1 is 1.38 bits per heavy atom. The van der Waals surface area contributed by atoms with E-state index < -0.39 is 37.8 Å². The summed E-state index contributed by atoms with van der Waals surface area (Å²) in [5.41, 5.74) is -0.611. The SMILES string of the molecule is Cc1cn([C@@H]2O[C@H](CO)[C@H](O)C2SCC[Si](C)(C)C)c(=O)[nH]c1=O. The molecule has 0 bridgehead atoms. The molecule has 0 aromatic carbocycles. The number of hydrogen-bond donors (Lipinski definition) is 3. The van der Waals surface area contributed by atoms with Gasteiger partial charge in [-0.05, 0) is 18.7 Å². The minimum Gasteiger partial charge on any atom is -0.394 e. The lowest BCUT2D eigenvalue weighted by Crippen LogP contribution is -2.37. The normalized spacial score (nSPS) is 27.6. The van der Waals surface area contributed by atoms with Crippen molar-refractivity contribution < 1.29 is 14.9 Å². The number of H-pyrrole nitrogens is 1. The molecule has 3 N–H and O–H groups in total. The number of nitrogens with one attached hydrogen (secondary N) is 1. The van der Waals surface area contributed by atoms with Gasteiger partial charge in [-0.3, -0.25) is 14.3 Å². The van der Waals surface area contributed by atoms with Crippen molar-refractivity contribution in [3.63, 3.8) is 0 Å². The fourth-order valence-corrected chi connectivity index (χ4v) is 6.47. The van der Waals surface area contributed by atoms with Crippen LogP contribution in [0.4, 0.5) is 0 Å². The van der Waals surface area contributed by atoms with Crippen LogP contribution in [0.5, 0.6) is 0 Å². The van der Waals surface area contributed by atoms with Gasteiger partial charge in [0.2, 0.25) is 0 Å². The van der Waals surface area contributed by atoms with Gasteiger partial charge in [-0.2, -0.15) is 11.8 Å². The van der Waals surface area contributed by atoms with Crippen LogP contribution in [0, 0.1) is 6.92 Å². The zero-order valence-electron chi connectivity index (χ0n) is 14.5. The second kappa shape index (κ2) is 7.57. The van der Waals surface area contributed by atoms with Gasteiger partial charge in [-0.1, -0.05) is 19.6 Å². The molecule has 0 aliphatic carbocycles. The first kappa shape index (κ1) is 19.5. The van der Waals surface area contributed by atoms with Crippen molar-refractivity contribution in [3.8, 4) is 0 Å². The average Bonchev–Trinajstić information content (AvgIpc) is 2.78.